The molecule has 3 aromatic rings. The molecule has 2 aromatic carbocycles. The standard InChI is InChI=1S/C19H18ClN5O/c1-12-10-18(23-16-8-6-15(7-9-16)22-13(2)26)25-19(21-12)24-17-5-3-4-14(20)11-17/h3-11H,1-2H3,(H,22,26)(H2,21,23,24,25). The number of hydrogen-bond acceptors (Lipinski definition) is 5. The fourth-order valence-corrected chi connectivity index (χ4v) is 2.56. The highest BCUT2D eigenvalue weighted by molar-refractivity contribution is 6.30. The lowest BCUT2D eigenvalue weighted by atomic mass is 10.2. The molecule has 0 aliphatic heterocycles. The van der Waals surface area contributed by atoms with Crippen LogP contribution in [0, 0.1) is 6.92 Å². The first-order chi connectivity index (χ1) is 12.5. The molecule has 0 spiro atoms. The molecule has 0 aliphatic rings. The number of amides is 1. The van der Waals surface area contributed by atoms with Crippen LogP contribution in [-0.2, 0) is 4.79 Å². The van der Waals surface area contributed by atoms with Crippen molar-refractivity contribution < 1.29 is 4.79 Å². The van der Waals surface area contributed by atoms with E-state index in [0.717, 1.165) is 22.8 Å². The Labute approximate surface area is 156 Å². The molecule has 1 aromatic heterocycles. The van der Waals surface area contributed by atoms with Gasteiger partial charge in [-0.25, -0.2) is 4.98 Å². The molecule has 132 valence electrons. The van der Waals surface area contributed by atoms with Crippen LogP contribution in [0.2, 0.25) is 5.02 Å². The van der Waals surface area contributed by atoms with Crippen LogP contribution in [0.1, 0.15) is 12.6 Å². The van der Waals surface area contributed by atoms with Crippen molar-refractivity contribution >= 4 is 46.3 Å². The average molecular weight is 368 g/mol. The van der Waals surface area contributed by atoms with Gasteiger partial charge >= 0.3 is 0 Å². The maximum atomic E-state index is 11.1. The fraction of sp³-hybridized carbons (Fsp3) is 0.105. The van der Waals surface area contributed by atoms with E-state index >= 15 is 0 Å². The smallest absolute Gasteiger partial charge is 0.229 e. The topological polar surface area (TPSA) is 78.9 Å². The first-order valence-corrected chi connectivity index (χ1v) is 8.39. The van der Waals surface area contributed by atoms with Crippen molar-refractivity contribution in [2.75, 3.05) is 16.0 Å². The Morgan fingerprint density at radius 3 is 2.35 bits per heavy atom. The van der Waals surface area contributed by atoms with Crippen molar-refractivity contribution in [2.24, 2.45) is 0 Å². The Balaban J connectivity index is 1.76. The Bertz CT molecular complexity index is 927. The minimum absolute atomic E-state index is 0.103. The van der Waals surface area contributed by atoms with Crippen molar-refractivity contribution in [1.82, 2.24) is 9.97 Å². The number of nitrogens with zero attached hydrogens (tertiary/aromatic N) is 2. The average Bonchev–Trinajstić information content (AvgIpc) is 2.56. The highest BCUT2D eigenvalue weighted by atomic mass is 35.5. The second-order valence-corrected chi connectivity index (χ2v) is 6.17. The van der Waals surface area contributed by atoms with Crippen LogP contribution in [0.25, 0.3) is 0 Å². The SMILES string of the molecule is CC(=O)Nc1ccc(Nc2cc(C)nc(Nc3cccc(Cl)c3)n2)cc1. The minimum atomic E-state index is -0.103. The van der Waals surface area contributed by atoms with Gasteiger partial charge in [0, 0.05) is 40.8 Å². The zero-order valence-electron chi connectivity index (χ0n) is 14.4. The van der Waals surface area contributed by atoms with Crippen LogP contribution < -0.4 is 16.0 Å². The molecule has 26 heavy (non-hydrogen) atoms. The zero-order chi connectivity index (χ0) is 18.5. The Morgan fingerprint density at radius 2 is 1.65 bits per heavy atom. The summed E-state index contributed by atoms with van der Waals surface area (Å²) in [6.45, 7) is 3.38. The Hall–Kier alpha value is -3.12. The van der Waals surface area contributed by atoms with Crippen molar-refractivity contribution in [2.45, 2.75) is 13.8 Å². The third-order valence-corrected chi connectivity index (χ3v) is 3.65. The second-order valence-electron chi connectivity index (χ2n) is 5.74. The number of aromatic nitrogens is 2. The Morgan fingerprint density at radius 1 is 0.923 bits per heavy atom. The summed E-state index contributed by atoms with van der Waals surface area (Å²) in [5.74, 6) is 1.04. The van der Waals surface area contributed by atoms with Crippen LogP contribution in [0.3, 0.4) is 0 Å². The normalized spacial score (nSPS) is 10.3. The molecule has 0 radical (unpaired) electrons. The predicted octanol–water partition coefficient (Wildman–Crippen LogP) is 4.88. The monoisotopic (exact) mass is 367 g/mol. The van der Waals surface area contributed by atoms with Gasteiger partial charge in [-0.05, 0) is 49.4 Å². The highest BCUT2D eigenvalue weighted by Gasteiger charge is 2.05. The largest absolute Gasteiger partial charge is 0.340 e. The highest BCUT2D eigenvalue weighted by Crippen LogP contribution is 2.22. The molecule has 1 heterocycles. The van der Waals surface area contributed by atoms with Gasteiger partial charge in [-0.3, -0.25) is 4.79 Å². The molecule has 0 saturated heterocycles. The fourth-order valence-electron chi connectivity index (χ4n) is 2.37. The van der Waals surface area contributed by atoms with E-state index in [1.54, 1.807) is 12.1 Å². The van der Waals surface area contributed by atoms with Crippen LogP contribution in [0.4, 0.5) is 28.8 Å². The van der Waals surface area contributed by atoms with Gasteiger partial charge in [0.1, 0.15) is 5.82 Å². The van der Waals surface area contributed by atoms with Gasteiger partial charge < -0.3 is 16.0 Å². The molecule has 3 N–H and O–H groups in total. The summed E-state index contributed by atoms with van der Waals surface area (Å²) < 4.78 is 0. The van der Waals surface area contributed by atoms with Crippen LogP contribution in [-0.4, -0.2) is 15.9 Å². The van der Waals surface area contributed by atoms with Crippen LogP contribution in [0.5, 0.6) is 0 Å². The number of benzene rings is 2. The first kappa shape index (κ1) is 17.7. The molecule has 0 unspecified atom stereocenters. The van der Waals surface area contributed by atoms with E-state index in [0.29, 0.717) is 16.8 Å². The molecule has 1 amide bonds. The van der Waals surface area contributed by atoms with Crippen molar-refractivity contribution in [3.8, 4) is 0 Å². The quantitative estimate of drug-likeness (QED) is 0.598. The molecule has 6 nitrogen and oxygen atoms in total. The summed E-state index contributed by atoms with van der Waals surface area (Å²) in [6.07, 6.45) is 0. The zero-order valence-corrected chi connectivity index (χ0v) is 15.1. The van der Waals surface area contributed by atoms with Gasteiger partial charge in [-0.15, -0.1) is 0 Å². The first-order valence-electron chi connectivity index (χ1n) is 8.01. The van der Waals surface area contributed by atoms with E-state index in [4.69, 9.17) is 11.6 Å². The lowest BCUT2D eigenvalue weighted by Crippen LogP contribution is -2.05. The van der Waals surface area contributed by atoms with Crippen molar-refractivity contribution in [3.05, 3.63) is 65.3 Å². The van der Waals surface area contributed by atoms with E-state index in [-0.39, 0.29) is 5.91 Å². The van der Waals surface area contributed by atoms with Crippen molar-refractivity contribution in [3.63, 3.8) is 0 Å². The summed E-state index contributed by atoms with van der Waals surface area (Å²) in [5.41, 5.74) is 3.23. The van der Waals surface area contributed by atoms with Crippen molar-refractivity contribution in [1.29, 1.82) is 0 Å². The number of halogens is 1. The van der Waals surface area contributed by atoms with Gasteiger partial charge in [0.15, 0.2) is 0 Å². The van der Waals surface area contributed by atoms with Gasteiger partial charge in [-0.2, -0.15) is 4.98 Å². The molecule has 7 heteroatoms. The number of carbonyl (C=O) groups excluding carboxylic acids is 1. The summed E-state index contributed by atoms with van der Waals surface area (Å²) in [7, 11) is 0. The van der Waals surface area contributed by atoms with E-state index in [1.165, 1.54) is 6.92 Å². The minimum Gasteiger partial charge on any atom is -0.340 e. The molecule has 0 fully saturated rings. The molecule has 0 saturated carbocycles. The molecular formula is C19H18ClN5O. The van der Waals surface area contributed by atoms with E-state index in [2.05, 4.69) is 25.9 Å². The van der Waals surface area contributed by atoms with E-state index < -0.39 is 0 Å². The summed E-state index contributed by atoms with van der Waals surface area (Å²) in [4.78, 5) is 19.9. The summed E-state index contributed by atoms with van der Waals surface area (Å²) in [5, 5.41) is 9.75. The van der Waals surface area contributed by atoms with E-state index in [1.807, 2.05) is 49.4 Å². The third-order valence-electron chi connectivity index (χ3n) is 3.41. The third kappa shape index (κ3) is 4.94. The predicted molar refractivity (Wildman–Crippen MR) is 106 cm³/mol. The maximum Gasteiger partial charge on any atom is 0.229 e. The summed E-state index contributed by atoms with van der Waals surface area (Å²) >= 11 is 6.01. The number of nitrogens with one attached hydrogen (secondary N) is 3. The number of anilines is 5. The molecule has 0 atom stereocenters. The molecule has 3 rings (SSSR count). The van der Waals surface area contributed by atoms with Crippen LogP contribution in [0.15, 0.2) is 54.6 Å². The lowest BCUT2D eigenvalue weighted by molar-refractivity contribution is -0.114. The number of rotatable bonds is 5. The van der Waals surface area contributed by atoms with E-state index in [9.17, 15) is 4.79 Å². The molecule has 0 bridgehead atoms. The second kappa shape index (κ2) is 7.84. The van der Waals surface area contributed by atoms with Gasteiger partial charge in [0.05, 0.1) is 0 Å². The number of aryl methyl sites for hydroxylation is 1. The van der Waals surface area contributed by atoms with Crippen LogP contribution >= 0.6 is 11.6 Å². The molecule has 0 aliphatic carbocycles. The molecular weight excluding hydrogens is 350 g/mol. The number of hydrogen-bond donors (Lipinski definition) is 3. The van der Waals surface area contributed by atoms with Gasteiger partial charge in [0.25, 0.3) is 0 Å². The maximum absolute atomic E-state index is 11.1. The Kier molecular flexibility index (Phi) is 5.34. The van der Waals surface area contributed by atoms with Gasteiger partial charge in [-0.1, -0.05) is 17.7 Å². The lowest BCUT2D eigenvalue weighted by Gasteiger charge is -2.11. The number of carbonyl (C=O) groups is 1. The van der Waals surface area contributed by atoms with Gasteiger partial charge in [0.2, 0.25) is 11.9 Å². The summed E-state index contributed by atoms with van der Waals surface area (Å²) in [6, 6.07) is 16.6.